The maximum atomic E-state index is 9.73. The van der Waals surface area contributed by atoms with Crippen LogP contribution in [-0.4, -0.2) is 23.9 Å². The summed E-state index contributed by atoms with van der Waals surface area (Å²) in [6.07, 6.45) is -0.473. The Hall–Kier alpha value is -0.970. The van der Waals surface area contributed by atoms with Crippen LogP contribution in [0.25, 0.3) is 0 Å². The maximum Gasteiger partial charge on any atom is 0.163 e. The number of phenols is 1. The molecule has 0 radical (unpaired) electrons. The van der Waals surface area contributed by atoms with E-state index in [-0.39, 0.29) is 11.5 Å². The van der Waals surface area contributed by atoms with E-state index in [1.54, 1.807) is 0 Å². The molecule has 0 amide bonds. The zero-order chi connectivity index (χ0) is 11.4. The molecule has 1 rings (SSSR count). The fraction of sp³-hybridized carbons (Fsp3) is 0.400. The largest absolute Gasteiger partial charge is 0.504 e. The van der Waals surface area contributed by atoms with Gasteiger partial charge in [0.05, 0.1) is 13.2 Å². The van der Waals surface area contributed by atoms with Gasteiger partial charge in [-0.15, -0.1) is 0 Å². The van der Waals surface area contributed by atoms with Crippen molar-refractivity contribution in [1.29, 1.82) is 0 Å². The van der Waals surface area contributed by atoms with Crippen molar-refractivity contribution >= 4 is 11.6 Å². The van der Waals surface area contributed by atoms with Crippen molar-refractivity contribution in [3.63, 3.8) is 0 Å². The molecule has 0 saturated carbocycles. The summed E-state index contributed by atoms with van der Waals surface area (Å²) in [5.41, 5.74) is 5.66. The molecule has 0 saturated heterocycles. The van der Waals surface area contributed by atoms with Crippen LogP contribution in [0.4, 0.5) is 0 Å². The van der Waals surface area contributed by atoms with E-state index in [2.05, 4.69) is 0 Å². The minimum Gasteiger partial charge on any atom is -0.504 e. The highest BCUT2D eigenvalue weighted by molar-refractivity contribution is 6.30. The van der Waals surface area contributed by atoms with Gasteiger partial charge in [0.25, 0.3) is 0 Å². The highest BCUT2D eigenvalue weighted by Gasteiger charge is 2.16. The number of halogens is 1. The maximum absolute atomic E-state index is 9.73. The van der Waals surface area contributed by atoms with E-state index >= 15 is 0 Å². The van der Waals surface area contributed by atoms with E-state index in [4.69, 9.17) is 22.1 Å². The molecule has 0 unspecified atom stereocenters. The van der Waals surface area contributed by atoms with Crippen LogP contribution in [0.15, 0.2) is 12.1 Å². The lowest BCUT2D eigenvalue weighted by atomic mass is 10.1. The molecule has 15 heavy (non-hydrogen) atoms. The zero-order valence-electron chi connectivity index (χ0n) is 8.40. The van der Waals surface area contributed by atoms with Gasteiger partial charge in [0.15, 0.2) is 11.5 Å². The summed E-state index contributed by atoms with van der Waals surface area (Å²) in [7, 11) is 1.42. The summed E-state index contributed by atoms with van der Waals surface area (Å²) < 4.78 is 4.92. The van der Waals surface area contributed by atoms with Crippen LogP contribution in [0.5, 0.6) is 11.5 Å². The Morgan fingerprint density at radius 3 is 2.73 bits per heavy atom. The third-order valence-corrected chi connectivity index (χ3v) is 2.31. The number of aliphatic hydroxyl groups is 1. The molecule has 0 aliphatic heterocycles. The molecule has 4 N–H and O–H groups in total. The number of hydrogen-bond donors (Lipinski definition) is 3. The van der Waals surface area contributed by atoms with Crippen molar-refractivity contribution in [2.24, 2.45) is 5.73 Å². The molecule has 0 aliphatic carbocycles. The van der Waals surface area contributed by atoms with Crippen LogP contribution in [0, 0.1) is 0 Å². The molecule has 0 fully saturated rings. The van der Waals surface area contributed by atoms with Gasteiger partial charge in [-0.1, -0.05) is 11.6 Å². The number of ether oxygens (including phenoxy) is 1. The quantitative estimate of drug-likeness (QED) is 0.733. The minimum atomic E-state index is -0.831. The SMILES string of the molecule is COc1cc(Cl)cc([C@H](O)CCN)c1O. The van der Waals surface area contributed by atoms with Crippen molar-refractivity contribution in [3.8, 4) is 11.5 Å². The minimum absolute atomic E-state index is 0.0946. The topological polar surface area (TPSA) is 75.7 Å². The van der Waals surface area contributed by atoms with Crippen molar-refractivity contribution < 1.29 is 14.9 Å². The fourth-order valence-electron chi connectivity index (χ4n) is 1.32. The summed E-state index contributed by atoms with van der Waals surface area (Å²) in [6.45, 7) is 0.329. The number of aliphatic hydroxyl groups excluding tert-OH is 1. The van der Waals surface area contributed by atoms with Gasteiger partial charge in [-0.25, -0.2) is 0 Å². The number of aromatic hydroxyl groups is 1. The smallest absolute Gasteiger partial charge is 0.163 e. The molecular weight excluding hydrogens is 218 g/mol. The summed E-state index contributed by atoms with van der Waals surface area (Å²) in [6, 6.07) is 2.98. The number of hydrogen-bond acceptors (Lipinski definition) is 4. The van der Waals surface area contributed by atoms with Gasteiger partial charge in [0.1, 0.15) is 0 Å². The number of rotatable bonds is 4. The van der Waals surface area contributed by atoms with E-state index in [0.717, 1.165) is 0 Å². The monoisotopic (exact) mass is 231 g/mol. The average molecular weight is 232 g/mol. The van der Waals surface area contributed by atoms with Gasteiger partial charge in [-0.05, 0) is 19.0 Å². The first kappa shape index (κ1) is 12.1. The first-order valence-electron chi connectivity index (χ1n) is 4.54. The number of phenolic OH excluding ortho intramolecular Hbond substituents is 1. The van der Waals surface area contributed by atoms with Crippen LogP contribution in [0.2, 0.25) is 5.02 Å². The Labute approximate surface area is 93.2 Å². The van der Waals surface area contributed by atoms with Crippen LogP contribution >= 0.6 is 11.6 Å². The van der Waals surface area contributed by atoms with Crippen LogP contribution < -0.4 is 10.5 Å². The first-order chi connectivity index (χ1) is 7.10. The molecule has 0 aliphatic rings. The van der Waals surface area contributed by atoms with Crippen molar-refractivity contribution in [1.82, 2.24) is 0 Å². The van der Waals surface area contributed by atoms with E-state index in [1.807, 2.05) is 0 Å². The molecule has 0 spiro atoms. The first-order valence-corrected chi connectivity index (χ1v) is 4.92. The lowest BCUT2D eigenvalue weighted by Gasteiger charge is -2.14. The molecule has 0 aromatic heterocycles. The Morgan fingerprint density at radius 1 is 1.53 bits per heavy atom. The fourth-order valence-corrected chi connectivity index (χ4v) is 1.53. The molecule has 5 heteroatoms. The van der Waals surface area contributed by atoms with E-state index in [9.17, 15) is 10.2 Å². The molecule has 0 bridgehead atoms. The summed E-state index contributed by atoms with van der Waals surface area (Å²) in [5.74, 6) is 0.149. The third-order valence-electron chi connectivity index (χ3n) is 2.09. The highest BCUT2D eigenvalue weighted by atomic mass is 35.5. The number of nitrogens with two attached hydrogens (primary N) is 1. The van der Waals surface area contributed by atoms with Gasteiger partial charge < -0.3 is 20.7 Å². The van der Waals surface area contributed by atoms with Gasteiger partial charge in [-0.3, -0.25) is 0 Å². The standard InChI is InChI=1S/C10H14ClNO3/c1-15-9-5-6(11)4-7(10(9)14)8(13)2-3-12/h4-5,8,13-14H,2-3,12H2,1H3/t8-/m1/s1. The third kappa shape index (κ3) is 2.75. The predicted molar refractivity (Wildman–Crippen MR) is 58.3 cm³/mol. The lowest BCUT2D eigenvalue weighted by Crippen LogP contribution is -2.07. The zero-order valence-corrected chi connectivity index (χ0v) is 9.16. The van der Waals surface area contributed by atoms with Gasteiger partial charge >= 0.3 is 0 Å². The van der Waals surface area contributed by atoms with E-state index in [1.165, 1.54) is 19.2 Å². The predicted octanol–water partition coefficient (Wildman–Crippen LogP) is 1.44. The second-order valence-electron chi connectivity index (χ2n) is 3.14. The van der Waals surface area contributed by atoms with Gasteiger partial charge in [0, 0.05) is 16.7 Å². The Morgan fingerprint density at radius 2 is 2.20 bits per heavy atom. The highest BCUT2D eigenvalue weighted by Crippen LogP contribution is 2.37. The van der Waals surface area contributed by atoms with Crippen molar-refractivity contribution in [3.05, 3.63) is 22.7 Å². The van der Waals surface area contributed by atoms with Crippen molar-refractivity contribution in [2.45, 2.75) is 12.5 Å². The van der Waals surface area contributed by atoms with E-state index in [0.29, 0.717) is 23.6 Å². The Balaban J connectivity index is 3.11. The Kier molecular flexibility index (Phi) is 4.20. The molecule has 1 aromatic rings. The summed E-state index contributed by atoms with van der Waals surface area (Å²) in [4.78, 5) is 0. The Bertz CT molecular complexity index is 344. The van der Waals surface area contributed by atoms with Crippen molar-refractivity contribution in [2.75, 3.05) is 13.7 Å². The number of benzene rings is 1. The number of methoxy groups -OCH3 is 1. The van der Waals surface area contributed by atoms with Gasteiger partial charge in [0.2, 0.25) is 0 Å². The van der Waals surface area contributed by atoms with Crippen LogP contribution in [-0.2, 0) is 0 Å². The van der Waals surface area contributed by atoms with Crippen LogP contribution in [0.1, 0.15) is 18.1 Å². The molecule has 1 aromatic carbocycles. The van der Waals surface area contributed by atoms with E-state index < -0.39 is 6.10 Å². The lowest BCUT2D eigenvalue weighted by molar-refractivity contribution is 0.165. The normalized spacial score (nSPS) is 12.5. The second kappa shape index (κ2) is 5.21. The molecule has 0 heterocycles. The second-order valence-corrected chi connectivity index (χ2v) is 3.58. The molecule has 84 valence electrons. The molecular formula is C10H14ClNO3. The molecule has 1 atom stereocenters. The summed E-state index contributed by atoms with van der Waals surface area (Å²) >= 11 is 5.81. The van der Waals surface area contributed by atoms with Crippen LogP contribution in [0.3, 0.4) is 0 Å². The average Bonchev–Trinajstić information content (AvgIpc) is 2.21. The van der Waals surface area contributed by atoms with Gasteiger partial charge in [-0.2, -0.15) is 0 Å². The summed E-state index contributed by atoms with van der Waals surface area (Å²) in [5, 5.41) is 19.8. The molecule has 4 nitrogen and oxygen atoms in total.